The van der Waals surface area contributed by atoms with E-state index in [0.717, 1.165) is 18.4 Å². The van der Waals surface area contributed by atoms with Crippen LogP contribution in [0.3, 0.4) is 0 Å². The van der Waals surface area contributed by atoms with Crippen LogP contribution in [0.1, 0.15) is 28.8 Å². The average molecular weight is 276 g/mol. The molecule has 20 heavy (non-hydrogen) atoms. The van der Waals surface area contributed by atoms with Crippen molar-refractivity contribution in [2.45, 2.75) is 19.8 Å². The number of esters is 1. The molecule has 1 aliphatic rings. The van der Waals surface area contributed by atoms with Gasteiger partial charge in [-0.2, -0.15) is 0 Å². The summed E-state index contributed by atoms with van der Waals surface area (Å²) in [5.74, 6) is -0.542. The number of nitrogen functional groups attached to an aromatic ring is 1. The zero-order valence-corrected chi connectivity index (χ0v) is 11.9. The first kappa shape index (κ1) is 14.4. The molecule has 1 amide bonds. The van der Waals surface area contributed by atoms with Gasteiger partial charge in [0.25, 0.3) is 5.91 Å². The molecule has 1 atom stereocenters. The molecule has 1 aromatic rings. The van der Waals surface area contributed by atoms with Crippen LogP contribution in [0.2, 0.25) is 0 Å². The molecule has 1 saturated heterocycles. The Balaban J connectivity index is 2.14. The number of hydrogen-bond acceptors (Lipinski definition) is 4. The van der Waals surface area contributed by atoms with Gasteiger partial charge < -0.3 is 15.4 Å². The third kappa shape index (κ3) is 3.10. The lowest BCUT2D eigenvalue weighted by molar-refractivity contribution is -0.146. The van der Waals surface area contributed by atoms with E-state index < -0.39 is 0 Å². The minimum atomic E-state index is -0.244. The molecule has 0 aromatic heterocycles. The summed E-state index contributed by atoms with van der Waals surface area (Å²) in [4.78, 5) is 25.8. The standard InChI is InChI=1S/C15H20N2O3/c1-10-6-12(8-13(16)7-10)14(18)17-5-3-4-11(9-17)15(19)20-2/h6-8,11H,3-5,9,16H2,1-2H3. The maximum atomic E-state index is 12.5. The number of piperidine rings is 1. The van der Waals surface area contributed by atoms with Gasteiger partial charge in [-0.25, -0.2) is 0 Å². The monoisotopic (exact) mass is 276 g/mol. The molecule has 1 fully saturated rings. The summed E-state index contributed by atoms with van der Waals surface area (Å²) in [6, 6.07) is 5.32. The molecule has 5 nitrogen and oxygen atoms in total. The van der Waals surface area contributed by atoms with E-state index in [9.17, 15) is 9.59 Å². The molecule has 0 radical (unpaired) electrons. The topological polar surface area (TPSA) is 72.6 Å². The van der Waals surface area contributed by atoms with Crippen LogP contribution in [0.4, 0.5) is 5.69 Å². The number of benzene rings is 1. The quantitative estimate of drug-likeness (QED) is 0.658. The van der Waals surface area contributed by atoms with Crippen LogP contribution in [0.25, 0.3) is 0 Å². The Labute approximate surface area is 118 Å². The van der Waals surface area contributed by atoms with Crippen molar-refractivity contribution in [2.75, 3.05) is 25.9 Å². The molecule has 1 aliphatic heterocycles. The number of anilines is 1. The molecule has 5 heteroatoms. The van der Waals surface area contributed by atoms with Crippen LogP contribution in [0.5, 0.6) is 0 Å². The number of aryl methyl sites for hydroxylation is 1. The highest BCUT2D eigenvalue weighted by Gasteiger charge is 2.29. The van der Waals surface area contributed by atoms with Crippen molar-refractivity contribution in [1.82, 2.24) is 4.90 Å². The zero-order chi connectivity index (χ0) is 14.7. The van der Waals surface area contributed by atoms with E-state index in [1.165, 1.54) is 7.11 Å². The van der Waals surface area contributed by atoms with E-state index in [2.05, 4.69) is 0 Å². The molecule has 0 spiro atoms. The van der Waals surface area contributed by atoms with Gasteiger partial charge in [-0.15, -0.1) is 0 Å². The van der Waals surface area contributed by atoms with Gasteiger partial charge in [0.05, 0.1) is 13.0 Å². The minimum Gasteiger partial charge on any atom is -0.469 e. The predicted octanol–water partition coefficient (Wildman–Crippen LogP) is 1.60. The summed E-state index contributed by atoms with van der Waals surface area (Å²) in [6.07, 6.45) is 1.58. The number of ether oxygens (including phenoxy) is 1. The molecular weight excluding hydrogens is 256 g/mol. The van der Waals surface area contributed by atoms with Gasteiger partial charge in [0.1, 0.15) is 0 Å². The SMILES string of the molecule is COC(=O)C1CCCN(C(=O)c2cc(C)cc(N)c2)C1. The highest BCUT2D eigenvalue weighted by molar-refractivity contribution is 5.95. The van der Waals surface area contributed by atoms with Gasteiger partial charge in [0.15, 0.2) is 0 Å². The Morgan fingerprint density at radius 1 is 1.35 bits per heavy atom. The van der Waals surface area contributed by atoms with E-state index in [1.807, 2.05) is 19.1 Å². The number of nitrogens with zero attached hydrogens (tertiary/aromatic N) is 1. The fourth-order valence-corrected chi connectivity index (χ4v) is 2.64. The third-order valence-electron chi connectivity index (χ3n) is 3.59. The normalized spacial score (nSPS) is 18.7. The van der Waals surface area contributed by atoms with Crippen LogP contribution >= 0.6 is 0 Å². The second kappa shape index (κ2) is 5.94. The lowest BCUT2D eigenvalue weighted by atomic mass is 9.97. The molecule has 2 rings (SSSR count). The van der Waals surface area contributed by atoms with E-state index in [-0.39, 0.29) is 17.8 Å². The highest BCUT2D eigenvalue weighted by Crippen LogP contribution is 2.21. The molecule has 1 aromatic carbocycles. The summed E-state index contributed by atoms with van der Waals surface area (Å²) < 4.78 is 4.76. The van der Waals surface area contributed by atoms with Crippen molar-refractivity contribution >= 4 is 17.6 Å². The largest absolute Gasteiger partial charge is 0.469 e. The first-order valence-electron chi connectivity index (χ1n) is 6.75. The maximum Gasteiger partial charge on any atom is 0.310 e. The summed E-state index contributed by atoms with van der Waals surface area (Å²) in [5, 5.41) is 0. The summed E-state index contributed by atoms with van der Waals surface area (Å²) in [5.41, 5.74) is 7.89. The van der Waals surface area contributed by atoms with Gasteiger partial charge in [-0.3, -0.25) is 9.59 Å². The van der Waals surface area contributed by atoms with Crippen molar-refractivity contribution in [3.63, 3.8) is 0 Å². The van der Waals surface area contributed by atoms with Gasteiger partial charge in [0, 0.05) is 24.3 Å². The lowest BCUT2D eigenvalue weighted by Crippen LogP contribution is -2.42. The number of amides is 1. The van der Waals surface area contributed by atoms with Crippen LogP contribution in [0.15, 0.2) is 18.2 Å². The van der Waals surface area contributed by atoms with Gasteiger partial charge >= 0.3 is 5.97 Å². The number of carbonyl (C=O) groups excluding carboxylic acids is 2. The zero-order valence-electron chi connectivity index (χ0n) is 11.9. The van der Waals surface area contributed by atoms with Crippen LogP contribution in [0, 0.1) is 12.8 Å². The molecule has 1 heterocycles. The smallest absolute Gasteiger partial charge is 0.310 e. The van der Waals surface area contributed by atoms with Crippen molar-refractivity contribution in [1.29, 1.82) is 0 Å². The minimum absolute atomic E-state index is 0.0750. The Bertz CT molecular complexity index is 508. The molecule has 2 N–H and O–H groups in total. The molecule has 0 aliphatic carbocycles. The summed E-state index contributed by atoms with van der Waals surface area (Å²) in [6.45, 7) is 2.99. The first-order valence-corrected chi connectivity index (χ1v) is 6.75. The Hall–Kier alpha value is -2.04. The molecule has 0 bridgehead atoms. The number of carbonyl (C=O) groups is 2. The van der Waals surface area contributed by atoms with E-state index in [4.69, 9.17) is 10.5 Å². The fraction of sp³-hybridized carbons (Fsp3) is 0.467. The predicted molar refractivity (Wildman–Crippen MR) is 76.2 cm³/mol. The van der Waals surface area contributed by atoms with Gasteiger partial charge in [-0.05, 0) is 43.5 Å². The summed E-state index contributed by atoms with van der Waals surface area (Å²) in [7, 11) is 1.38. The Morgan fingerprint density at radius 2 is 2.10 bits per heavy atom. The molecular formula is C15H20N2O3. The average Bonchev–Trinajstić information content (AvgIpc) is 2.44. The van der Waals surface area contributed by atoms with Crippen molar-refractivity contribution < 1.29 is 14.3 Å². The van der Waals surface area contributed by atoms with E-state index in [0.29, 0.717) is 24.3 Å². The molecule has 108 valence electrons. The van der Waals surface area contributed by atoms with E-state index in [1.54, 1.807) is 11.0 Å². The maximum absolute atomic E-state index is 12.5. The van der Waals surface area contributed by atoms with Gasteiger partial charge in [-0.1, -0.05) is 0 Å². The van der Waals surface area contributed by atoms with Crippen molar-refractivity contribution in [2.24, 2.45) is 5.92 Å². The highest BCUT2D eigenvalue weighted by atomic mass is 16.5. The third-order valence-corrected chi connectivity index (χ3v) is 3.59. The molecule has 0 saturated carbocycles. The second-order valence-electron chi connectivity index (χ2n) is 5.25. The van der Waals surface area contributed by atoms with Crippen molar-refractivity contribution in [3.05, 3.63) is 29.3 Å². The Morgan fingerprint density at radius 3 is 2.75 bits per heavy atom. The number of likely N-dealkylation sites (tertiary alicyclic amines) is 1. The van der Waals surface area contributed by atoms with E-state index >= 15 is 0 Å². The summed E-state index contributed by atoms with van der Waals surface area (Å²) >= 11 is 0. The number of nitrogens with two attached hydrogens (primary N) is 1. The van der Waals surface area contributed by atoms with Gasteiger partial charge in [0.2, 0.25) is 0 Å². The van der Waals surface area contributed by atoms with Crippen molar-refractivity contribution in [3.8, 4) is 0 Å². The fourth-order valence-electron chi connectivity index (χ4n) is 2.64. The first-order chi connectivity index (χ1) is 9.51. The lowest BCUT2D eigenvalue weighted by Gasteiger charge is -2.31. The molecule has 1 unspecified atom stereocenters. The number of methoxy groups -OCH3 is 1. The number of hydrogen-bond donors (Lipinski definition) is 1. The Kier molecular flexibility index (Phi) is 4.27. The van der Waals surface area contributed by atoms with Crippen LogP contribution < -0.4 is 5.73 Å². The van der Waals surface area contributed by atoms with Crippen LogP contribution in [-0.4, -0.2) is 37.0 Å². The second-order valence-corrected chi connectivity index (χ2v) is 5.25. The number of rotatable bonds is 2. The van der Waals surface area contributed by atoms with Crippen LogP contribution in [-0.2, 0) is 9.53 Å².